The molecule has 0 amide bonds. The summed E-state index contributed by atoms with van der Waals surface area (Å²) >= 11 is 6.24. The number of hydrogen-bond donors (Lipinski definition) is 0. The lowest BCUT2D eigenvalue weighted by Gasteiger charge is -2.43. The molecule has 4 heteroatoms. The Morgan fingerprint density at radius 3 is 2.74 bits per heavy atom. The number of hydroxylamine groups is 2. The van der Waals surface area contributed by atoms with Gasteiger partial charge in [0.1, 0.15) is 0 Å². The van der Waals surface area contributed by atoms with E-state index in [1.165, 1.54) is 0 Å². The normalized spacial score (nSPS) is 21.2. The predicted molar refractivity (Wildman–Crippen MR) is 78.6 cm³/mol. The van der Waals surface area contributed by atoms with Crippen molar-refractivity contribution in [1.82, 2.24) is 9.96 Å². The molecule has 0 radical (unpaired) electrons. The summed E-state index contributed by atoms with van der Waals surface area (Å²) in [5.41, 5.74) is 2.97. The van der Waals surface area contributed by atoms with Crippen molar-refractivity contribution in [1.29, 1.82) is 0 Å². The van der Waals surface area contributed by atoms with Gasteiger partial charge in [0.2, 0.25) is 0 Å². The molecule has 0 saturated carbocycles. The molecule has 1 fully saturated rings. The van der Waals surface area contributed by atoms with Crippen LogP contribution in [-0.2, 0) is 6.54 Å². The number of allylic oxidation sites excluding steroid dienone is 1. The van der Waals surface area contributed by atoms with E-state index in [2.05, 4.69) is 11.9 Å². The first kappa shape index (κ1) is 13.0. The molecule has 2 heterocycles. The highest BCUT2D eigenvalue weighted by Gasteiger charge is 2.24. The van der Waals surface area contributed by atoms with Crippen LogP contribution in [0.2, 0.25) is 5.02 Å². The number of likely N-dealkylation sites (tertiary alicyclic amines) is 1. The summed E-state index contributed by atoms with van der Waals surface area (Å²) in [6, 6.07) is 5.78. The third-order valence-corrected chi connectivity index (χ3v) is 4.50. The Morgan fingerprint density at radius 2 is 2.00 bits per heavy atom. The summed E-state index contributed by atoms with van der Waals surface area (Å²) in [5.74, 6) is 0.373. The average molecular weight is 278 g/mol. The quantitative estimate of drug-likeness (QED) is 0.788. The fraction of sp³-hybridized carbons (Fsp3) is 0.467. The minimum Gasteiger partial charge on any atom is -0.758 e. The van der Waals surface area contributed by atoms with Crippen LogP contribution in [0.1, 0.15) is 24.0 Å². The van der Waals surface area contributed by atoms with Crippen LogP contribution >= 0.6 is 11.6 Å². The van der Waals surface area contributed by atoms with Crippen LogP contribution in [0, 0.1) is 11.1 Å². The van der Waals surface area contributed by atoms with Gasteiger partial charge in [0, 0.05) is 23.2 Å². The summed E-state index contributed by atoms with van der Waals surface area (Å²) in [6.07, 6.45) is 4.12. The molecule has 0 N–H and O–H groups in total. The Labute approximate surface area is 119 Å². The van der Waals surface area contributed by atoms with Crippen LogP contribution < -0.4 is 0 Å². The van der Waals surface area contributed by atoms with Crippen LogP contribution in [-0.4, -0.2) is 30.1 Å². The second-order valence-electron chi connectivity index (χ2n) is 5.50. The van der Waals surface area contributed by atoms with Crippen molar-refractivity contribution in [3.05, 3.63) is 45.3 Å². The zero-order valence-corrected chi connectivity index (χ0v) is 11.9. The number of hydrogen-bond acceptors (Lipinski definition) is 3. The average Bonchev–Trinajstić information content (AvgIpc) is 2.40. The van der Waals surface area contributed by atoms with Gasteiger partial charge in [-0.25, -0.2) is 0 Å². The molecule has 3 nitrogen and oxygen atoms in total. The van der Waals surface area contributed by atoms with E-state index in [4.69, 9.17) is 11.6 Å². The van der Waals surface area contributed by atoms with Gasteiger partial charge in [0.25, 0.3) is 0 Å². The van der Waals surface area contributed by atoms with E-state index in [1.807, 2.05) is 24.3 Å². The van der Waals surface area contributed by atoms with Crippen molar-refractivity contribution >= 4 is 17.7 Å². The summed E-state index contributed by atoms with van der Waals surface area (Å²) in [7, 11) is 2.13. The highest BCUT2D eigenvalue weighted by molar-refractivity contribution is 6.32. The van der Waals surface area contributed by atoms with E-state index >= 15 is 0 Å². The van der Waals surface area contributed by atoms with Crippen molar-refractivity contribution in [2.75, 3.05) is 20.1 Å². The molecule has 0 unspecified atom stereocenters. The van der Waals surface area contributed by atoms with Gasteiger partial charge in [0.05, 0.1) is 0 Å². The van der Waals surface area contributed by atoms with Gasteiger partial charge >= 0.3 is 0 Å². The third kappa shape index (κ3) is 2.50. The van der Waals surface area contributed by atoms with Crippen molar-refractivity contribution in [3.63, 3.8) is 0 Å². The molecule has 19 heavy (non-hydrogen) atoms. The Balaban J connectivity index is 1.91. The van der Waals surface area contributed by atoms with Crippen molar-refractivity contribution < 1.29 is 0 Å². The number of fused-ring (bicyclic) bond motifs is 1. The Hall–Kier alpha value is -1.03. The maximum absolute atomic E-state index is 12.2. The lowest BCUT2D eigenvalue weighted by molar-refractivity contribution is 0.217. The van der Waals surface area contributed by atoms with E-state index in [9.17, 15) is 5.21 Å². The highest BCUT2D eigenvalue weighted by Crippen LogP contribution is 2.35. The largest absolute Gasteiger partial charge is 0.758 e. The number of rotatable bonds is 1. The van der Waals surface area contributed by atoms with Crippen molar-refractivity contribution in [3.8, 4) is 0 Å². The van der Waals surface area contributed by atoms with Gasteiger partial charge in [-0.2, -0.15) is 0 Å². The van der Waals surface area contributed by atoms with Gasteiger partial charge in [-0.05, 0) is 56.2 Å². The van der Waals surface area contributed by atoms with Crippen LogP contribution in [0.25, 0.3) is 6.08 Å². The van der Waals surface area contributed by atoms with E-state index < -0.39 is 0 Å². The predicted octanol–water partition coefficient (Wildman–Crippen LogP) is 3.34. The minimum atomic E-state index is 0.373. The zero-order valence-electron chi connectivity index (χ0n) is 11.1. The summed E-state index contributed by atoms with van der Waals surface area (Å²) in [6.45, 7) is 2.55. The van der Waals surface area contributed by atoms with Gasteiger partial charge in [-0.1, -0.05) is 23.7 Å². The van der Waals surface area contributed by atoms with Gasteiger partial charge in [-0.3, -0.25) is 0 Å². The molecule has 1 aromatic carbocycles. The number of piperidine rings is 1. The molecule has 2 aliphatic rings. The second kappa shape index (κ2) is 5.16. The molecule has 0 bridgehead atoms. The van der Waals surface area contributed by atoms with Gasteiger partial charge < -0.3 is 15.2 Å². The molecule has 0 aromatic heterocycles. The molecular weight excluding hydrogens is 260 g/mol. The number of nitrogens with zero attached hydrogens (tertiary/aromatic N) is 2. The van der Waals surface area contributed by atoms with Crippen LogP contribution in [0.15, 0.2) is 23.9 Å². The number of benzene rings is 1. The molecule has 1 saturated heterocycles. The fourth-order valence-corrected chi connectivity index (χ4v) is 3.22. The number of halogens is 1. The molecule has 1 aromatic rings. The van der Waals surface area contributed by atoms with Crippen LogP contribution in [0.3, 0.4) is 0 Å². The Kier molecular flexibility index (Phi) is 3.52. The third-order valence-electron chi connectivity index (χ3n) is 4.17. The van der Waals surface area contributed by atoms with Crippen molar-refractivity contribution in [2.24, 2.45) is 5.92 Å². The molecule has 3 rings (SSSR count). The van der Waals surface area contributed by atoms with E-state index in [-0.39, 0.29) is 0 Å². The molecule has 0 aliphatic carbocycles. The monoisotopic (exact) mass is 277 g/mol. The molecule has 2 aliphatic heterocycles. The van der Waals surface area contributed by atoms with Gasteiger partial charge in [0.15, 0.2) is 0 Å². The molecule has 0 spiro atoms. The van der Waals surface area contributed by atoms with E-state index in [1.54, 1.807) is 0 Å². The standard InChI is InChI=1S/C15H18ClN2O/c1-17-7-5-11(6-8-17)15-9-13-12(10-18(15)19)3-2-4-14(13)16/h2-4,9,11H,5-8,10H2,1H3/q-1. The SMILES string of the molecule is CN1CCC(C2=Cc3c(Cl)cccc3CN2[O-])CC1. The second-order valence-corrected chi connectivity index (χ2v) is 5.90. The first-order valence-electron chi connectivity index (χ1n) is 6.77. The summed E-state index contributed by atoms with van der Waals surface area (Å²) < 4.78 is 0. The molecular formula is C15H18ClN2O-. The van der Waals surface area contributed by atoms with Crippen LogP contribution in [0.5, 0.6) is 0 Å². The Morgan fingerprint density at radius 1 is 1.26 bits per heavy atom. The summed E-state index contributed by atoms with van der Waals surface area (Å²) in [5, 5.41) is 14.1. The fourth-order valence-electron chi connectivity index (χ4n) is 2.97. The van der Waals surface area contributed by atoms with Crippen LogP contribution in [0.4, 0.5) is 0 Å². The van der Waals surface area contributed by atoms with E-state index in [0.717, 1.165) is 52.8 Å². The minimum absolute atomic E-state index is 0.373. The van der Waals surface area contributed by atoms with E-state index in [0.29, 0.717) is 12.5 Å². The van der Waals surface area contributed by atoms with Crippen molar-refractivity contribution in [2.45, 2.75) is 19.4 Å². The maximum atomic E-state index is 12.2. The molecule has 102 valence electrons. The maximum Gasteiger partial charge on any atom is 0.0482 e. The highest BCUT2D eigenvalue weighted by atomic mass is 35.5. The molecule has 0 atom stereocenters. The Bertz CT molecular complexity index is 507. The summed E-state index contributed by atoms with van der Waals surface area (Å²) in [4.78, 5) is 2.32. The topological polar surface area (TPSA) is 29.5 Å². The van der Waals surface area contributed by atoms with Gasteiger partial charge in [-0.15, -0.1) is 0 Å². The first-order valence-corrected chi connectivity index (χ1v) is 7.15. The lowest BCUT2D eigenvalue weighted by atomic mass is 9.89. The smallest absolute Gasteiger partial charge is 0.0482 e. The first-order chi connectivity index (χ1) is 9.15. The zero-order chi connectivity index (χ0) is 13.4. The lowest BCUT2D eigenvalue weighted by Crippen LogP contribution is -2.34.